The molecule has 0 saturated heterocycles. The van der Waals surface area contributed by atoms with Crippen molar-refractivity contribution in [3.63, 3.8) is 0 Å². The fraction of sp³-hybridized carbons (Fsp3) is 0.522. The number of pyridine rings is 1. The normalized spacial score (nSPS) is 16.6. The highest BCUT2D eigenvalue weighted by atomic mass is 16.4. The zero-order valence-corrected chi connectivity index (χ0v) is 21.3. The number of amides is 4. The number of carboxylic acid groups (broad SMARTS) is 1. The highest BCUT2D eigenvalue weighted by molar-refractivity contribution is 6.06. The van der Waals surface area contributed by atoms with Crippen LogP contribution in [-0.2, 0) is 36.9 Å². The van der Waals surface area contributed by atoms with Crippen molar-refractivity contribution in [3.05, 3.63) is 29.7 Å². The summed E-state index contributed by atoms with van der Waals surface area (Å²) < 4.78 is 0. The third-order valence-corrected chi connectivity index (χ3v) is 6.29. The number of hydrogen-bond donors (Lipinski definition) is 5. The van der Waals surface area contributed by atoms with E-state index in [-0.39, 0.29) is 36.9 Å². The number of nitrogens with one attached hydrogen (secondary N) is 4. The van der Waals surface area contributed by atoms with Crippen LogP contribution in [0.3, 0.4) is 0 Å². The molecule has 3 rings (SSSR count). The van der Waals surface area contributed by atoms with Crippen LogP contribution in [0.25, 0.3) is 0 Å². The molecular formula is C23H31N9O6. The summed E-state index contributed by atoms with van der Waals surface area (Å²) in [6, 6.07) is 0.171. The number of rotatable bonds is 12. The van der Waals surface area contributed by atoms with Gasteiger partial charge in [0, 0.05) is 26.0 Å². The molecule has 4 amide bonds. The van der Waals surface area contributed by atoms with E-state index in [2.05, 4.69) is 41.6 Å². The zero-order chi connectivity index (χ0) is 27.8. The van der Waals surface area contributed by atoms with Gasteiger partial charge in [-0.05, 0) is 24.0 Å². The minimum Gasteiger partial charge on any atom is -0.481 e. The van der Waals surface area contributed by atoms with Crippen molar-refractivity contribution < 1.29 is 29.1 Å². The minimum absolute atomic E-state index is 0.0376. The Morgan fingerprint density at radius 2 is 2.00 bits per heavy atom. The van der Waals surface area contributed by atoms with Crippen molar-refractivity contribution in [2.24, 2.45) is 5.92 Å². The van der Waals surface area contributed by atoms with Crippen LogP contribution in [0.15, 0.2) is 18.3 Å². The zero-order valence-electron chi connectivity index (χ0n) is 21.3. The van der Waals surface area contributed by atoms with Crippen molar-refractivity contribution in [3.8, 4) is 0 Å². The minimum atomic E-state index is -1.29. The number of carbonyl (C=O) groups excluding carboxylic acids is 4. The Morgan fingerprint density at radius 3 is 2.63 bits per heavy atom. The van der Waals surface area contributed by atoms with Crippen molar-refractivity contribution in [2.45, 2.75) is 71.1 Å². The number of carbonyl (C=O) groups is 5. The van der Waals surface area contributed by atoms with Gasteiger partial charge < -0.3 is 21.1 Å². The van der Waals surface area contributed by atoms with Crippen LogP contribution in [0.4, 0.5) is 5.82 Å². The molecule has 204 valence electrons. The van der Waals surface area contributed by atoms with Crippen LogP contribution in [0.5, 0.6) is 0 Å². The maximum Gasteiger partial charge on any atom is 0.303 e. The fourth-order valence-corrected chi connectivity index (χ4v) is 4.14. The highest BCUT2D eigenvalue weighted by Crippen LogP contribution is 2.31. The van der Waals surface area contributed by atoms with Crippen molar-refractivity contribution in [2.75, 3.05) is 4.90 Å². The average Bonchev–Trinajstić information content (AvgIpc) is 3.55. The predicted octanol–water partition coefficient (Wildman–Crippen LogP) is -0.931. The molecule has 38 heavy (non-hydrogen) atoms. The van der Waals surface area contributed by atoms with Crippen molar-refractivity contribution in [1.29, 1.82) is 0 Å². The van der Waals surface area contributed by atoms with Gasteiger partial charge in [-0.25, -0.2) is 4.98 Å². The second-order valence-electron chi connectivity index (χ2n) is 9.02. The molecule has 0 fully saturated rings. The summed E-state index contributed by atoms with van der Waals surface area (Å²) in [5.74, 6) is -3.19. The number of aromatic amines is 1. The molecule has 0 aliphatic carbocycles. The summed E-state index contributed by atoms with van der Waals surface area (Å²) in [4.78, 5) is 68.7. The number of carboxylic acids is 1. The molecule has 5 N–H and O–H groups in total. The fourth-order valence-electron chi connectivity index (χ4n) is 4.14. The maximum absolute atomic E-state index is 13.9. The summed E-state index contributed by atoms with van der Waals surface area (Å²) in [5.41, 5.74) is 0.639. The molecule has 0 aromatic carbocycles. The first-order valence-corrected chi connectivity index (χ1v) is 12.2. The van der Waals surface area contributed by atoms with E-state index in [1.54, 1.807) is 19.1 Å². The number of aliphatic carboxylic acids is 1. The van der Waals surface area contributed by atoms with Gasteiger partial charge in [0.05, 0.1) is 6.54 Å². The van der Waals surface area contributed by atoms with E-state index in [1.165, 1.54) is 18.0 Å². The maximum atomic E-state index is 13.9. The number of H-pyrrole nitrogens is 1. The number of aromatic nitrogens is 5. The lowest BCUT2D eigenvalue weighted by molar-refractivity contribution is -0.138. The second kappa shape index (κ2) is 12.7. The van der Waals surface area contributed by atoms with Gasteiger partial charge in [-0.2, -0.15) is 5.21 Å². The first-order chi connectivity index (χ1) is 18.1. The van der Waals surface area contributed by atoms with E-state index in [0.29, 0.717) is 12.0 Å². The average molecular weight is 530 g/mol. The molecule has 0 saturated carbocycles. The first-order valence-electron chi connectivity index (χ1n) is 12.2. The Balaban J connectivity index is 1.88. The lowest BCUT2D eigenvalue weighted by Gasteiger charge is -2.30. The largest absolute Gasteiger partial charge is 0.481 e. The van der Waals surface area contributed by atoms with Gasteiger partial charge in [-0.3, -0.25) is 28.9 Å². The van der Waals surface area contributed by atoms with Crippen LogP contribution >= 0.6 is 0 Å². The summed E-state index contributed by atoms with van der Waals surface area (Å²) in [7, 11) is 0. The summed E-state index contributed by atoms with van der Waals surface area (Å²) in [5, 5.41) is 30.4. The standard InChI is InChI=1S/C23H31N9O6/c1-4-12(2)19(26-13(3)33)22(37)27-15(7-8-18(34)35)23(38)32-16(10-14-6-5-9-24-20(14)32)21(36)25-11-17-28-30-31-29-17/h5-6,9,12,15-16,19H,4,7-8,10-11H2,1-3H3,(H,25,36)(H,26,33)(H,27,37)(H,34,35)(H,28,29,30,31)/t12?,15?,16-,19?/m0/s1. The van der Waals surface area contributed by atoms with Crippen LogP contribution in [-0.4, -0.2) is 78.4 Å². The molecule has 0 radical (unpaired) electrons. The quantitative estimate of drug-likeness (QED) is 0.228. The lowest BCUT2D eigenvalue weighted by Crippen LogP contribution is -2.58. The third-order valence-electron chi connectivity index (χ3n) is 6.29. The first kappa shape index (κ1) is 28.1. The monoisotopic (exact) mass is 529 g/mol. The van der Waals surface area contributed by atoms with Gasteiger partial charge in [-0.15, -0.1) is 10.2 Å². The number of tetrazole rings is 1. The van der Waals surface area contributed by atoms with Crippen LogP contribution in [0.1, 0.15) is 51.4 Å². The third kappa shape index (κ3) is 6.86. The van der Waals surface area contributed by atoms with Crippen molar-refractivity contribution >= 4 is 35.4 Å². The van der Waals surface area contributed by atoms with E-state index >= 15 is 0 Å². The number of nitrogens with zero attached hydrogens (tertiary/aromatic N) is 5. The van der Waals surface area contributed by atoms with Crippen LogP contribution < -0.4 is 20.9 Å². The SMILES string of the molecule is CCC(C)C(NC(C)=O)C(=O)NC(CCC(=O)O)C(=O)N1c2ncccc2C[C@H]1C(=O)NCc1nn[nH]n1. The number of hydrogen-bond acceptors (Lipinski definition) is 9. The molecule has 1 aliphatic heterocycles. The summed E-state index contributed by atoms with van der Waals surface area (Å²) >= 11 is 0. The van der Waals surface area contributed by atoms with E-state index < -0.39 is 54.1 Å². The molecule has 1 aliphatic rings. The Kier molecular flexibility index (Phi) is 9.40. The number of fused-ring (bicyclic) bond motifs is 1. The van der Waals surface area contributed by atoms with Gasteiger partial charge in [0.25, 0.3) is 5.91 Å². The molecule has 0 spiro atoms. The van der Waals surface area contributed by atoms with Gasteiger partial charge >= 0.3 is 5.97 Å². The molecule has 2 aromatic rings. The van der Waals surface area contributed by atoms with E-state index in [0.717, 1.165) is 0 Å². The molecule has 3 heterocycles. The topological polar surface area (TPSA) is 212 Å². The predicted molar refractivity (Wildman–Crippen MR) is 131 cm³/mol. The van der Waals surface area contributed by atoms with Gasteiger partial charge in [0.2, 0.25) is 17.7 Å². The van der Waals surface area contributed by atoms with E-state index in [4.69, 9.17) is 0 Å². The van der Waals surface area contributed by atoms with E-state index in [1.807, 2.05) is 6.92 Å². The lowest BCUT2D eigenvalue weighted by atomic mass is 9.97. The smallest absolute Gasteiger partial charge is 0.303 e. The van der Waals surface area contributed by atoms with Gasteiger partial charge in [0.15, 0.2) is 5.82 Å². The molecule has 4 atom stereocenters. The molecule has 2 aromatic heterocycles. The van der Waals surface area contributed by atoms with Gasteiger partial charge in [-0.1, -0.05) is 31.5 Å². The summed E-state index contributed by atoms with van der Waals surface area (Å²) in [6.07, 6.45) is 1.55. The molecular weight excluding hydrogens is 498 g/mol. The summed E-state index contributed by atoms with van der Waals surface area (Å²) in [6.45, 7) is 4.87. The molecule has 15 nitrogen and oxygen atoms in total. The van der Waals surface area contributed by atoms with Gasteiger partial charge in [0.1, 0.15) is 23.9 Å². The van der Waals surface area contributed by atoms with E-state index in [9.17, 15) is 29.1 Å². The van der Waals surface area contributed by atoms with Crippen LogP contribution in [0.2, 0.25) is 0 Å². The van der Waals surface area contributed by atoms with Crippen molar-refractivity contribution in [1.82, 2.24) is 41.6 Å². The second-order valence-corrected chi connectivity index (χ2v) is 9.02. The molecule has 3 unspecified atom stereocenters. The Bertz CT molecular complexity index is 1170. The Hall–Kier alpha value is -4.43. The Labute approximate surface area is 218 Å². The number of anilines is 1. The Morgan fingerprint density at radius 1 is 1.24 bits per heavy atom. The molecule has 15 heteroatoms. The highest BCUT2D eigenvalue weighted by Gasteiger charge is 2.42. The molecule has 0 bridgehead atoms. The van der Waals surface area contributed by atoms with Crippen LogP contribution in [0, 0.1) is 5.92 Å².